The van der Waals surface area contributed by atoms with Crippen molar-refractivity contribution >= 4 is 27.3 Å². The van der Waals surface area contributed by atoms with Gasteiger partial charge in [-0.05, 0) is 12.1 Å². The highest BCUT2D eigenvalue weighted by molar-refractivity contribution is 9.10. The molecule has 1 saturated heterocycles. The average Bonchev–Trinajstić information content (AvgIpc) is 2.14. The fourth-order valence-electron chi connectivity index (χ4n) is 1.59. The van der Waals surface area contributed by atoms with E-state index in [1.54, 1.807) is 6.07 Å². The molecule has 0 saturated carbocycles. The van der Waals surface area contributed by atoms with Crippen LogP contribution in [-0.4, -0.2) is 23.9 Å². The Kier molecular flexibility index (Phi) is 2.57. The SMILES string of the molecule is O=[N+]([O-])c1cc(Br)ccc1N1CC(F)(F)C1. The Bertz CT molecular complexity index is 445. The summed E-state index contributed by atoms with van der Waals surface area (Å²) in [6, 6.07) is 4.38. The second kappa shape index (κ2) is 3.65. The lowest BCUT2D eigenvalue weighted by atomic mass is 10.1. The molecule has 0 amide bonds. The quantitative estimate of drug-likeness (QED) is 0.622. The first-order valence-electron chi connectivity index (χ1n) is 4.46. The summed E-state index contributed by atoms with van der Waals surface area (Å²) < 4.78 is 25.9. The zero-order valence-electron chi connectivity index (χ0n) is 7.99. The molecule has 1 aromatic rings. The summed E-state index contributed by atoms with van der Waals surface area (Å²) in [5, 5.41) is 10.8. The summed E-state index contributed by atoms with van der Waals surface area (Å²) in [7, 11) is 0. The van der Waals surface area contributed by atoms with E-state index in [1.807, 2.05) is 0 Å². The van der Waals surface area contributed by atoms with Crippen molar-refractivity contribution in [3.8, 4) is 0 Å². The minimum Gasteiger partial charge on any atom is -0.354 e. The topological polar surface area (TPSA) is 46.4 Å². The van der Waals surface area contributed by atoms with Gasteiger partial charge >= 0.3 is 0 Å². The Hall–Kier alpha value is -1.24. The first-order chi connectivity index (χ1) is 7.39. The highest BCUT2D eigenvalue weighted by Gasteiger charge is 2.45. The van der Waals surface area contributed by atoms with Crippen LogP contribution in [0.5, 0.6) is 0 Å². The van der Waals surface area contributed by atoms with E-state index in [9.17, 15) is 18.9 Å². The summed E-state index contributed by atoms with van der Waals surface area (Å²) in [6.07, 6.45) is 0. The molecule has 0 unspecified atom stereocenters. The lowest BCUT2D eigenvalue weighted by Crippen LogP contribution is -2.56. The lowest BCUT2D eigenvalue weighted by Gasteiger charge is -2.39. The third-order valence-corrected chi connectivity index (χ3v) is 2.81. The Morgan fingerprint density at radius 1 is 1.44 bits per heavy atom. The molecule has 1 heterocycles. The fraction of sp³-hybridized carbons (Fsp3) is 0.333. The maximum Gasteiger partial charge on any atom is 0.293 e. The van der Waals surface area contributed by atoms with Crippen molar-refractivity contribution < 1.29 is 13.7 Å². The number of hydrogen-bond acceptors (Lipinski definition) is 3. The maximum atomic E-state index is 12.7. The van der Waals surface area contributed by atoms with Crippen molar-refractivity contribution in [3.63, 3.8) is 0 Å². The predicted molar refractivity (Wildman–Crippen MR) is 58.0 cm³/mol. The van der Waals surface area contributed by atoms with Gasteiger partial charge < -0.3 is 4.90 Å². The van der Waals surface area contributed by atoms with Crippen molar-refractivity contribution in [2.45, 2.75) is 5.92 Å². The lowest BCUT2D eigenvalue weighted by molar-refractivity contribution is -0.384. The number of rotatable bonds is 2. The molecule has 86 valence electrons. The minimum absolute atomic E-state index is 0.162. The summed E-state index contributed by atoms with van der Waals surface area (Å²) in [5.41, 5.74) is 0.0731. The molecule has 7 heteroatoms. The Labute approximate surface area is 98.1 Å². The zero-order chi connectivity index (χ0) is 11.9. The number of nitrogens with zero attached hydrogens (tertiary/aromatic N) is 2. The van der Waals surface area contributed by atoms with Gasteiger partial charge in [-0.25, -0.2) is 8.78 Å². The molecule has 0 aromatic heterocycles. The fourth-order valence-corrected chi connectivity index (χ4v) is 1.94. The molecule has 1 aliphatic heterocycles. The van der Waals surface area contributed by atoms with Crippen molar-refractivity contribution in [1.29, 1.82) is 0 Å². The van der Waals surface area contributed by atoms with E-state index < -0.39 is 23.9 Å². The highest BCUT2D eigenvalue weighted by Crippen LogP contribution is 2.38. The van der Waals surface area contributed by atoms with E-state index in [4.69, 9.17) is 0 Å². The van der Waals surface area contributed by atoms with Crippen molar-refractivity contribution in [2.24, 2.45) is 0 Å². The molecule has 0 atom stereocenters. The van der Waals surface area contributed by atoms with E-state index in [0.29, 0.717) is 4.47 Å². The zero-order valence-corrected chi connectivity index (χ0v) is 9.58. The van der Waals surface area contributed by atoms with Crippen LogP contribution in [0.15, 0.2) is 22.7 Å². The van der Waals surface area contributed by atoms with Gasteiger partial charge in [0.05, 0.1) is 18.0 Å². The molecule has 0 spiro atoms. The second-order valence-electron chi connectivity index (χ2n) is 3.60. The Morgan fingerprint density at radius 2 is 2.06 bits per heavy atom. The molecule has 1 fully saturated rings. The van der Waals surface area contributed by atoms with Crippen molar-refractivity contribution in [2.75, 3.05) is 18.0 Å². The normalized spacial score (nSPS) is 18.1. The van der Waals surface area contributed by atoms with Gasteiger partial charge in [0.15, 0.2) is 0 Å². The summed E-state index contributed by atoms with van der Waals surface area (Å²) in [6.45, 7) is -0.926. The Balaban J connectivity index is 2.31. The van der Waals surface area contributed by atoms with Crippen LogP contribution in [0, 0.1) is 10.1 Å². The number of anilines is 1. The van der Waals surface area contributed by atoms with Gasteiger partial charge in [-0.15, -0.1) is 0 Å². The molecular weight excluding hydrogens is 286 g/mol. The maximum absolute atomic E-state index is 12.7. The smallest absolute Gasteiger partial charge is 0.293 e. The van der Waals surface area contributed by atoms with E-state index >= 15 is 0 Å². The summed E-state index contributed by atoms with van der Waals surface area (Å²) in [4.78, 5) is 11.5. The molecule has 0 bridgehead atoms. The molecule has 4 nitrogen and oxygen atoms in total. The van der Waals surface area contributed by atoms with Gasteiger partial charge in [-0.1, -0.05) is 15.9 Å². The van der Waals surface area contributed by atoms with Gasteiger partial charge in [-0.2, -0.15) is 0 Å². The monoisotopic (exact) mass is 292 g/mol. The molecule has 2 rings (SSSR count). The molecule has 1 aliphatic rings. The van der Waals surface area contributed by atoms with Crippen molar-refractivity contribution in [1.82, 2.24) is 0 Å². The van der Waals surface area contributed by atoms with Gasteiger partial charge in [0.1, 0.15) is 5.69 Å². The first kappa shape index (κ1) is 11.3. The third-order valence-electron chi connectivity index (χ3n) is 2.32. The number of alkyl halides is 2. The van der Waals surface area contributed by atoms with Crippen LogP contribution < -0.4 is 4.90 Å². The average molecular weight is 293 g/mol. The van der Waals surface area contributed by atoms with Crippen LogP contribution in [0.4, 0.5) is 20.2 Å². The molecule has 1 aromatic carbocycles. The third kappa shape index (κ3) is 1.99. The summed E-state index contributed by atoms with van der Waals surface area (Å²) >= 11 is 3.10. The minimum atomic E-state index is -2.74. The molecule has 0 radical (unpaired) electrons. The number of benzene rings is 1. The molecule has 0 N–H and O–H groups in total. The number of halogens is 3. The van der Waals surface area contributed by atoms with E-state index in [2.05, 4.69) is 15.9 Å². The first-order valence-corrected chi connectivity index (χ1v) is 5.25. The van der Waals surface area contributed by atoms with Gasteiger partial charge in [0.2, 0.25) is 0 Å². The molecule has 16 heavy (non-hydrogen) atoms. The summed E-state index contributed by atoms with van der Waals surface area (Å²) in [5.74, 6) is -2.74. The van der Waals surface area contributed by atoms with Crippen LogP contribution in [0.2, 0.25) is 0 Å². The predicted octanol–water partition coefficient (Wildman–Crippen LogP) is 2.81. The Morgan fingerprint density at radius 3 is 2.56 bits per heavy atom. The van der Waals surface area contributed by atoms with E-state index in [-0.39, 0.29) is 11.4 Å². The van der Waals surface area contributed by atoms with E-state index in [1.165, 1.54) is 17.0 Å². The van der Waals surface area contributed by atoms with Crippen LogP contribution in [-0.2, 0) is 0 Å². The number of nitro benzene ring substituents is 1. The highest BCUT2D eigenvalue weighted by atomic mass is 79.9. The van der Waals surface area contributed by atoms with Crippen molar-refractivity contribution in [3.05, 3.63) is 32.8 Å². The number of nitro groups is 1. The largest absolute Gasteiger partial charge is 0.354 e. The van der Waals surface area contributed by atoms with E-state index in [0.717, 1.165) is 0 Å². The van der Waals surface area contributed by atoms with Crippen LogP contribution in [0.25, 0.3) is 0 Å². The second-order valence-corrected chi connectivity index (χ2v) is 4.52. The van der Waals surface area contributed by atoms with Gasteiger partial charge in [0.25, 0.3) is 11.6 Å². The van der Waals surface area contributed by atoms with Crippen LogP contribution in [0.3, 0.4) is 0 Å². The van der Waals surface area contributed by atoms with Gasteiger partial charge in [-0.3, -0.25) is 10.1 Å². The standard InChI is InChI=1S/C9H7BrF2N2O2/c10-6-1-2-7(8(3-6)14(15)16)13-4-9(11,12)5-13/h1-3H,4-5H2. The molecular formula is C9H7BrF2N2O2. The molecule has 0 aliphatic carbocycles. The van der Waals surface area contributed by atoms with Crippen LogP contribution in [0.1, 0.15) is 0 Å². The number of hydrogen-bond donors (Lipinski definition) is 0. The van der Waals surface area contributed by atoms with Crippen LogP contribution >= 0.6 is 15.9 Å². The van der Waals surface area contributed by atoms with Gasteiger partial charge in [0, 0.05) is 10.5 Å².